The van der Waals surface area contributed by atoms with Gasteiger partial charge in [-0.3, -0.25) is 19.3 Å². The molecule has 0 saturated carbocycles. The van der Waals surface area contributed by atoms with Crippen molar-refractivity contribution in [1.29, 1.82) is 0 Å². The van der Waals surface area contributed by atoms with E-state index < -0.39 is 23.8 Å². The predicted molar refractivity (Wildman–Crippen MR) is 135 cm³/mol. The van der Waals surface area contributed by atoms with Crippen molar-refractivity contribution >= 4 is 17.8 Å². The van der Waals surface area contributed by atoms with Crippen LogP contribution in [0.25, 0.3) is 0 Å². The molecule has 4 rings (SSSR count). The molecular weight excluding hydrogens is 480 g/mol. The molecule has 3 N–H and O–H groups in total. The molecule has 2 amide bonds. The van der Waals surface area contributed by atoms with Crippen LogP contribution in [-0.4, -0.2) is 103 Å². The fourth-order valence-corrected chi connectivity index (χ4v) is 5.68. The number of nitrogens with two attached hydrogens (primary N) is 1. The molecule has 0 aliphatic carbocycles. The van der Waals surface area contributed by atoms with Crippen molar-refractivity contribution in [2.45, 2.75) is 44.6 Å². The molecule has 1 aromatic rings. The van der Waals surface area contributed by atoms with Crippen molar-refractivity contribution in [2.75, 3.05) is 59.7 Å². The Hall–Kier alpha value is -3.05. The standard InChI is InChI=1S/C26H38N4O7/c1-3-4-8-28(10-7-27)23(32)15-30-13-18(17-11-20(35-2)25-21(12-17)36-16-37-25)24(26(33)34)19(30)14-29-9-5-6-22(29)31/h11-12,18-19,24H,3-10,13-16,27H2,1-2H3,(H,33,34). The Labute approximate surface area is 217 Å². The summed E-state index contributed by atoms with van der Waals surface area (Å²) in [5.74, 6) is -0.800. The zero-order valence-electron chi connectivity index (χ0n) is 21.7. The molecule has 0 aromatic heterocycles. The fraction of sp³-hybridized carbons (Fsp3) is 0.654. The van der Waals surface area contributed by atoms with Gasteiger partial charge in [0, 0.05) is 57.6 Å². The normalized spacial score (nSPS) is 23.1. The Morgan fingerprint density at radius 3 is 2.73 bits per heavy atom. The lowest BCUT2D eigenvalue weighted by atomic mass is 9.84. The van der Waals surface area contributed by atoms with Gasteiger partial charge in [-0.25, -0.2) is 0 Å². The van der Waals surface area contributed by atoms with Crippen molar-refractivity contribution in [3.63, 3.8) is 0 Å². The third-order valence-electron chi connectivity index (χ3n) is 7.59. The summed E-state index contributed by atoms with van der Waals surface area (Å²) in [6.45, 7) is 4.84. The van der Waals surface area contributed by atoms with Gasteiger partial charge in [-0.05, 0) is 30.5 Å². The SMILES string of the molecule is CCCCN(CCN)C(=O)CN1CC(c2cc(OC)c3c(c2)OCO3)C(C(=O)O)C1CN1CCCC1=O. The summed E-state index contributed by atoms with van der Waals surface area (Å²) in [6, 6.07) is 3.08. The van der Waals surface area contributed by atoms with E-state index in [0.717, 1.165) is 24.8 Å². The molecule has 3 unspecified atom stereocenters. The van der Waals surface area contributed by atoms with Gasteiger partial charge in [-0.15, -0.1) is 0 Å². The lowest BCUT2D eigenvalue weighted by Crippen LogP contribution is -2.49. The minimum absolute atomic E-state index is 0.0244. The first-order valence-electron chi connectivity index (χ1n) is 13.1. The zero-order chi connectivity index (χ0) is 26.5. The van der Waals surface area contributed by atoms with Gasteiger partial charge in [-0.1, -0.05) is 13.3 Å². The summed E-state index contributed by atoms with van der Waals surface area (Å²) in [6.07, 6.45) is 3.04. The number of hydrogen-bond donors (Lipinski definition) is 2. The van der Waals surface area contributed by atoms with Gasteiger partial charge in [0.1, 0.15) is 0 Å². The molecule has 204 valence electrons. The quantitative estimate of drug-likeness (QED) is 0.417. The van der Waals surface area contributed by atoms with Crippen molar-refractivity contribution in [1.82, 2.24) is 14.7 Å². The van der Waals surface area contributed by atoms with E-state index in [1.54, 1.807) is 21.9 Å². The highest BCUT2D eigenvalue weighted by atomic mass is 16.7. The number of carbonyl (C=O) groups is 3. The number of likely N-dealkylation sites (tertiary alicyclic amines) is 2. The number of benzene rings is 1. The van der Waals surface area contributed by atoms with Gasteiger partial charge in [0.05, 0.1) is 19.6 Å². The zero-order valence-corrected chi connectivity index (χ0v) is 21.7. The third-order valence-corrected chi connectivity index (χ3v) is 7.59. The van der Waals surface area contributed by atoms with Gasteiger partial charge in [0.15, 0.2) is 11.5 Å². The number of ether oxygens (including phenoxy) is 3. The molecule has 0 bridgehead atoms. The Kier molecular flexibility index (Phi) is 8.75. The van der Waals surface area contributed by atoms with Crippen LogP contribution in [0.2, 0.25) is 0 Å². The molecule has 11 heteroatoms. The molecule has 2 saturated heterocycles. The molecule has 0 radical (unpaired) electrons. The van der Waals surface area contributed by atoms with Crippen LogP contribution in [0.15, 0.2) is 12.1 Å². The van der Waals surface area contributed by atoms with Crippen LogP contribution in [0.3, 0.4) is 0 Å². The average Bonchev–Trinajstić information content (AvgIpc) is 3.60. The molecular formula is C26H38N4O7. The maximum atomic E-state index is 13.4. The Balaban J connectivity index is 1.65. The summed E-state index contributed by atoms with van der Waals surface area (Å²) in [4.78, 5) is 44.0. The summed E-state index contributed by atoms with van der Waals surface area (Å²) < 4.78 is 16.6. The van der Waals surface area contributed by atoms with Crippen LogP contribution in [0, 0.1) is 5.92 Å². The van der Waals surface area contributed by atoms with E-state index in [9.17, 15) is 19.5 Å². The Morgan fingerprint density at radius 1 is 1.27 bits per heavy atom. The van der Waals surface area contributed by atoms with Crippen molar-refractivity contribution < 1.29 is 33.7 Å². The van der Waals surface area contributed by atoms with E-state index in [1.807, 2.05) is 4.90 Å². The van der Waals surface area contributed by atoms with Crippen molar-refractivity contribution in [2.24, 2.45) is 11.7 Å². The molecule has 37 heavy (non-hydrogen) atoms. The highest BCUT2D eigenvalue weighted by Gasteiger charge is 2.49. The number of carboxylic acid groups (broad SMARTS) is 1. The highest BCUT2D eigenvalue weighted by molar-refractivity contribution is 5.80. The van der Waals surface area contributed by atoms with E-state index in [1.165, 1.54) is 7.11 Å². The van der Waals surface area contributed by atoms with E-state index >= 15 is 0 Å². The van der Waals surface area contributed by atoms with E-state index in [-0.39, 0.29) is 31.7 Å². The van der Waals surface area contributed by atoms with Gasteiger partial charge >= 0.3 is 5.97 Å². The van der Waals surface area contributed by atoms with Crippen LogP contribution in [0.5, 0.6) is 17.2 Å². The fourth-order valence-electron chi connectivity index (χ4n) is 5.68. The van der Waals surface area contributed by atoms with Crippen LogP contribution in [-0.2, 0) is 14.4 Å². The molecule has 3 aliphatic heterocycles. The van der Waals surface area contributed by atoms with E-state index in [2.05, 4.69) is 6.92 Å². The Bertz CT molecular complexity index is 1000. The number of rotatable bonds is 12. The second kappa shape index (κ2) is 12.0. The van der Waals surface area contributed by atoms with Crippen molar-refractivity contribution in [3.05, 3.63) is 17.7 Å². The minimum atomic E-state index is -0.960. The number of aliphatic carboxylic acids is 1. The largest absolute Gasteiger partial charge is 0.493 e. The lowest BCUT2D eigenvalue weighted by Gasteiger charge is -2.32. The first-order chi connectivity index (χ1) is 17.9. The summed E-state index contributed by atoms with van der Waals surface area (Å²) in [5.41, 5.74) is 6.51. The summed E-state index contributed by atoms with van der Waals surface area (Å²) in [5, 5.41) is 10.4. The number of carbonyl (C=O) groups excluding carboxylic acids is 2. The summed E-state index contributed by atoms with van der Waals surface area (Å²) in [7, 11) is 1.53. The molecule has 1 aromatic carbocycles. The number of amides is 2. The van der Waals surface area contributed by atoms with Crippen LogP contribution in [0.1, 0.15) is 44.1 Å². The first-order valence-corrected chi connectivity index (χ1v) is 13.1. The number of unbranched alkanes of at least 4 members (excludes halogenated alkanes) is 1. The smallest absolute Gasteiger partial charge is 0.308 e. The highest BCUT2D eigenvalue weighted by Crippen LogP contribution is 2.47. The number of nitrogens with zero attached hydrogens (tertiary/aromatic N) is 3. The number of methoxy groups -OCH3 is 1. The molecule has 3 atom stereocenters. The molecule has 0 spiro atoms. The molecule has 11 nitrogen and oxygen atoms in total. The number of carboxylic acids is 1. The second-order valence-corrected chi connectivity index (χ2v) is 9.89. The first kappa shape index (κ1) is 27.0. The minimum Gasteiger partial charge on any atom is -0.493 e. The third kappa shape index (κ3) is 5.77. The molecule has 3 aliphatic rings. The van der Waals surface area contributed by atoms with Gasteiger partial charge in [0.25, 0.3) is 0 Å². The van der Waals surface area contributed by atoms with Crippen molar-refractivity contribution in [3.8, 4) is 17.2 Å². The van der Waals surface area contributed by atoms with Crippen LogP contribution < -0.4 is 19.9 Å². The molecule has 3 heterocycles. The number of hydrogen-bond acceptors (Lipinski definition) is 8. The van der Waals surface area contributed by atoms with Crippen LogP contribution >= 0.6 is 0 Å². The van der Waals surface area contributed by atoms with Gasteiger partial charge < -0.3 is 34.9 Å². The Morgan fingerprint density at radius 2 is 2.08 bits per heavy atom. The lowest BCUT2D eigenvalue weighted by molar-refractivity contribution is -0.144. The van der Waals surface area contributed by atoms with E-state index in [0.29, 0.717) is 56.4 Å². The monoisotopic (exact) mass is 518 g/mol. The topological polar surface area (TPSA) is 135 Å². The number of fused-ring (bicyclic) bond motifs is 1. The van der Waals surface area contributed by atoms with E-state index in [4.69, 9.17) is 19.9 Å². The van der Waals surface area contributed by atoms with Gasteiger partial charge in [-0.2, -0.15) is 0 Å². The maximum Gasteiger partial charge on any atom is 0.308 e. The summed E-state index contributed by atoms with van der Waals surface area (Å²) >= 11 is 0. The average molecular weight is 519 g/mol. The maximum absolute atomic E-state index is 13.4. The second-order valence-electron chi connectivity index (χ2n) is 9.89. The van der Waals surface area contributed by atoms with Gasteiger partial charge in [0.2, 0.25) is 24.4 Å². The molecule has 2 fully saturated rings. The van der Waals surface area contributed by atoms with Crippen LogP contribution in [0.4, 0.5) is 0 Å². The predicted octanol–water partition coefficient (Wildman–Crippen LogP) is 1.10.